The first-order chi connectivity index (χ1) is 16.5. The highest BCUT2D eigenvalue weighted by Crippen LogP contribution is 2.28. The molecule has 1 atom stereocenters. The molecule has 0 spiro atoms. The van der Waals surface area contributed by atoms with Crippen LogP contribution in [0.1, 0.15) is 40.9 Å². The van der Waals surface area contributed by atoms with E-state index in [1.54, 1.807) is 29.2 Å². The molecule has 2 heterocycles. The topological polar surface area (TPSA) is 95.2 Å². The number of hydrogen-bond acceptors (Lipinski definition) is 4. The zero-order chi connectivity index (χ0) is 23.7. The standard InChI is InChI=1S/C26H27FN4O3/c27-22-9-7-16(8-10-23-19-3-1-2-4-20(19)25(33)30-29-23)13-21(22)26(34)31-12-11-18(15-31)24(32)28-14-17-5-6-17/h1-4,7,9,13,17-18H,5-6,8,10-12,14-15H2,(H,28,32)(H,30,33). The highest BCUT2D eigenvalue weighted by Gasteiger charge is 2.33. The number of aromatic nitrogens is 2. The Hall–Kier alpha value is -3.55. The molecule has 1 saturated carbocycles. The maximum absolute atomic E-state index is 14.6. The van der Waals surface area contributed by atoms with E-state index in [-0.39, 0.29) is 28.9 Å². The van der Waals surface area contributed by atoms with Crippen LogP contribution in [0.2, 0.25) is 0 Å². The Kier molecular flexibility index (Phi) is 6.13. The molecule has 2 aliphatic rings. The molecule has 2 aromatic carbocycles. The van der Waals surface area contributed by atoms with Crippen LogP contribution in [-0.2, 0) is 17.6 Å². The van der Waals surface area contributed by atoms with Crippen LogP contribution < -0.4 is 10.9 Å². The molecule has 1 unspecified atom stereocenters. The number of aromatic amines is 1. The zero-order valence-corrected chi connectivity index (χ0v) is 18.9. The lowest BCUT2D eigenvalue weighted by Crippen LogP contribution is -2.35. The van der Waals surface area contributed by atoms with E-state index in [9.17, 15) is 18.8 Å². The van der Waals surface area contributed by atoms with Crippen molar-refractivity contribution < 1.29 is 14.0 Å². The molecule has 2 N–H and O–H groups in total. The minimum atomic E-state index is -0.567. The Balaban J connectivity index is 1.26. The summed E-state index contributed by atoms with van der Waals surface area (Å²) >= 11 is 0. The summed E-state index contributed by atoms with van der Waals surface area (Å²) < 4.78 is 14.6. The van der Waals surface area contributed by atoms with Gasteiger partial charge in [-0.2, -0.15) is 5.10 Å². The number of H-pyrrole nitrogens is 1. The van der Waals surface area contributed by atoms with Gasteiger partial charge in [-0.15, -0.1) is 0 Å². The molecule has 0 bridgehead atoms. The second-order valence-electron chi connectivity index (χ2n) is 9.28. The summed E-state index contributed by atoms with van der Waals surface area (Å²) in [5.41, 5.74) is 1.33. The Labute approximate surface area is 196 Å². The molecule has 5 rings (SSSR count). The number of aryl methyl sites for hydroxylation is 2. The highest BCUT2D eigenvalue weighted by molar-refractivity contribution is 5.95. The first-order valence-electron chi connectivity index (χ1n) is 11.8. The molecule has 1 aliphatic carbocycles. The number of carbonyl (C=O) groups is 2. The SMILES string of the molecule is O=C(NCC1CC1)C1CCN(C(=O)c2cc(CCc3n[nH]c(=O)c4ccccc34)ccc2F)C1. The van der Waals surface area contributed by atoms with Crippen molar-refractivity contribution in [3.63, 3.8) is 0 Å². The first-order valence-corrected chi connectivity index (χ1v) is 11.8. The van der Waals surface area contributed by atoms with Crippen molar-refractivity contribution in [3.05, 3.63) is 75.5 Å². The number of amides is 2. The molecule has 3 aromatic rings. The van der Waals surface area contributed by atoms with Gasteiger partial charge in [-0.05, 0) is 61.8 Å². The fourth-order valence-corrected chi connectivity index (χ4v) is 4.56. The average molecular weight is 463 g/mol. The van der Waals surface area contributed by atoms with Crippen LogP contribution in [0, 0.1) is 17.7 Å². The summed E-state index contributed by atoms with van der Waals surface area (Å²) in [6.45, 7) is 1.46. The second-order valence-corrected chi connectivity index (χ2v) is 9.28. The Morgan fingerprint density at radius 3 is 2.68 bits per heavy atom. The number of halogens is 1. The number of hydrogen-bond donors (Lipinski definition) is 2. The molecular weight excluding hydrogens is 435 g/mol. The Bertz CT molecular complexity index is 1300. The maximum Gasteiger partial charge on any atom is 0.272 e. The predicted octanol–water partition coefficient (Wildman–Crippen LogP) is 2.84. The summed E-state index contributed by atoms with van der Waals surface area (Å²) in [6, 6.07) is 11.8. The number of carbonyl (C=O) groups excluding carboxylic acids is 2. The van der Waals surface area contributed by atoms with Gasteiger partial charge in [0.25, 0.3) is 11.5 Å². The molecule has 8 heteroatoms. The third kappa shape index (κ3) is 4.71. The molecule has 1 saturated heterocycles. The third-order valence-electron chi connectivity index (χ3n) is 6.79. The van der Waals surface area contributed by atoms with E-state index in [1.165, 1.54) is 18.9 Å². The van der Waals surface area contributed by atoms with Gasteiger partial charge in [0.05, 0.1) is 22.6 Å². The van der Waals surface area contributed by atoms with E-state index in [1.807, 2.05) is 12.1 Å². The van der Waals surface area contributed by atoms with Crippen molar-refractivity contribution in [2.24, 2.45) is 11.8 Å². The van der Waals surface area contributed by atoms with Crippen LogP contribution in [0.5, 0.6) is 0 Å². The fourth-order valence-electron chi connectivity index (χ4n) is 4.56. The van der Waals surface area contributed by atoms with E-state index in [2.05, 4.69) is 15.5 Å². The molecular formula is C26H27FN4O3. The van der Waals surface area contributed by atoms with E-state index >= 15 is 0 Å². The summed E-state index contributed by atoms with van der Waals surface area (Å²) in [5, 5.41) is 11.1. The lowest BCUT2D eigenvalue weighted by atomic mass is 10.0. The fraction of sp³-hybridized carbons (Fsp3) is 0.385. The van der Waals surface area contributed by atoms with Crippen molar-refractivity contribution >= 4 is 22.6 Å². The molecule has 1 aromatic heterocycles. The van der Waals surface area contributed by atoms with Crippen LogP contribution in [0.15, 0.2) is 47.3 Å². The summed E-state index contributed by atoms with van der Waals surface area (Å²) in [7, 11) is 0. The van der Waals surface area contributed by atoms with Crippen LogP contribution in [-0.4, -0.2) is 46.5 Å². The van der Waals surface area contributed by atoms with Gasteiger partial charge in [0.2, 0.25) is 5.91 Å². The minimum absolute atomic E-state index is 0.0166. The molecule has 176 valence electrons. The highest BCUT2D eigenvalue weighted by atomic mass is 19.1. The number of nitrogens with zero attached hydrogens (tertiary/aromatic N) is 2. The van der Waals surface area contributed by atoms with Gasteiger partial charge in [-0.25, -0.2) is 9.49 Å². The molecule has 1 aliphatic heterocycles. The van der Waals surface area contributed by atoms with Gasteiger partial charge in [0.1, 0.15) is 5.82 Å². The summed E-state index contributed by atoms with van der Waals surface area (Å²) in [6.07, 6.45) is 3.99. The van der Waals surface area contributed by atoms with Crippen LogP contribution in [0.3, 0.4) is 0 Å². The molecule has 7 nitrogen and oxygen atoms in total. The lowest BCUT2D eigenvalue weighted by molar-refractivity contribution is -0.124. The molecule has 34 heavy (non-hydrogen) atoms. The number of rotatable bonds is 7. The lowest BCUT2D eigenvalue weighted by Gasteiger charge is -2.17. The van der Waals surface area contributed by atoms with E-state index in [0.29, 0.717) is 50.2 Å². The number of nitrogens with one attached hydrogen (secondary N) is 2. The monoisotopic (exact) mass is 462 g/mol. The van der Waals surface area contributed by atoms with E-state index in [4.69, 9.17) is 0 Å². The van der Waals surface area contributed by atoms with E-state index < -0.39 is 5.82 Å². The molecule has 2 fully saturated rings. The van der Waals surface area contributed by atoms with Crippen molar-refractivity contribution in [1.82, 2.24) is 20.4 Å². The van der Waals surface area contributed by atoms with Gasteiger partial charge < -0.3 is 10.2 Å². The van der Waals surface area contributed by atoms with Crippen molar-refractivity contribution in [2.45, 2.75) is 32.1 Å². The maximum atomic E-state index is 14.6. The predicted molar refractivity (Wildman–Crippen MR) is 126 cm³/mol. The molecule has 0 radical (unpaired) electrons. The van der Waals surface area contributed by atoms with E-state index in [0.717, 1.165) is 16.6 Å². The van der Waals surface area contributed by atoms with Crippen molar-refractivity contribution in [1.29, 1.82) is 0 Å². The smallest absolute Gasteiger partial charge is 0.272 e. The number of likely N-dealkylation sites (tertiary alicyclic amines) is 1. The van der Waals surface area contributed by atoms with Crippen molar-refractivity contribution in [2.75, 3.05) is 19.6 Å². The van der Waals surface area contributed by atoms with Crippen LogP contribution in [0.4, 0.5) is 4.39 Å². The van der Waals surface area contributed by atoms with Crippen LogP contribution >= 0.6 is 0 Å². The van der Waals surface area contributed by atoms with Gasteiger partial charge in [0, 0.05) is 25.0 Å². The van der Waals surface area contributed by atoms with Gasteiger partial charge in [0.15, 0.2) is 0 Å². The first kappa shape index (κ1) is 22.3. The minimum Gasteiger partial charge on any atom is -0.356 e. The van der Waals surface area contributed by atoms with Gasteiger partial charge in [-0.3, -0.25) is 14.4 Å². The Morgan fingerprint density at radius 2 is 1.88 bits per heavy atom. The normalized spacial score (nSPS) is 17.8. The third-order valence-corrected chi connectivity index (χ3v) is 6.79. The Morgan fingerprint density at radius 1 is 1.09 bits per heavy atom. The zero-order valence-electron chi connectivity index (χ0n) is 18.9. The second kappa shape index (κ2) is 9.37. The molecule has 2 amide bonds. The van der Waals surface area contributed by atoms with Crippen LogP contribution in [0.25, 0.3) is 10.8 Å². The largest absolute Gasteiger partial charge is 0.356 e. The average Bonchev–Trinajstić information content (AvgIpc) is 3.56. The summed E-state index contributed by atoms with van der Waals surface area (Å²) in [4.78, 5) is 39.0. The van der Waals surface area contributed by atoms with Gasteiger partial charge in [-0.1, -0.05) is 24.3 Å². The van der Waals surface area contributed by atoms with Crippen molar-refractivity contribution in [3.8, 4) is 0 Å². The van der Waals surface area contributed by atoms with Gasteiger partial charge >= 0.3 is 0 Å². The number of fused-ring (bicyclic) bond motifs is 1. The summed E-state index contributed by atoms with van der Waals surface area (Å²) in [5.74, 6) is -0.609. The quantitative estimate of drug-likeness (QED) is 0.565. The number of benzene rings is 2.